The molecule has 0 aliphatic carbocycles. The topological polar surface area (TPSA) is 55.9 Å². The number of hydrazine groups is 1. The molecule has 20 heavy (non-hydrogen) atoms. The minimum Gasteiger partial charge on any atom is -0.271 e. The Hall–Kier alpha value is -1.17. The van der Waals surface area contributed by atoms with E-state index in [9.17, 15) is 0 Å². The number of nitrogens with zero attached hydrogens (tertiary/aromatic N) is 2. The maximum atomic E-state index is 5.74. The molecule has 1 aromatic carbocycles. The summed E-state index contributed by atoms with van der Waals surface area (Å²) in [6.07, 6.45) is 1.84. The predicted molar refractivity (Wildman–Crippen MR) is 85.2 cm³/mol. The van der Waals surface area contributed by atoms with Crippen molar-refractivity contribution in [3.8, 4) is 0 Å². The molecular formula is C15H21BrN4. The number of hydrogen-bond donors (Lipinski definition) is 2. The number of hydrogen-bond acceptors (Lipinski definition) is 3. The fourth-order valence-electron chi connectivity index (χ4n) is 2.35. The van der Waals surface area contributed by atoms with Gasteiger partial charge in [0.2, 0.25) is 0 Å². The van der Waals surface area contributed by atoms with Crippen LogP contribution in [0.15, 0.2) is 28.7 Å². The second-order valence-electron chi connectivity index (χ2n) is 4.99. The Morgan fingerprint density at radius 1 is 1.35 bits per heavy atom. The maximum Gasteiger partial charge on any atom is 0.0738 e. The van der Waals surface area contributed by atoms with Gasteiger partial charge in [0.25, 0.3) is 0 Å². The summed E-state index contributed by atoms with van der Waals surface area (Å²) in [5.74, 6) is 5.74. The van der Waals surface area contributed by atoms with Crippen LogP contribution in [0, 0.1) is 6.92 Å². The lowest BCUT2D eigenvalue weighted by Gasteiger charge is -2.17. The minimum absolute atomic E-state index is 0.0759. The van der Waals surface area contributed by atoms with Crippen LogP contribution < -0.4 is 11.3 Å². The second kappa shape index (κ2) is 6.52. The summed E-state index contributed by atoms with van der Waals surface area (Å²) in [7, 11) is 1.96. The highest BCUT2D eigenvalue weighted by atomic mass is 79.9. The van der Waals surface area contributed by atoms with Crippen LogP contribution in [0.25, 0.3) is 0 Å². The molecule has 1 atom stereocenters. The molecule has 3 N–H and O–H groups in total. The summed E-state index contributed by atoms with van der Waals surface area (Å²) in [6, 6.07) is 8.67. The number of nitrogens with two attached hydrogens (primary N) is 1. The smallest absolute Gasteiger partial charge is 0.0738 e. The molecule has 0 aliphatic heterocycles. The molecule has 0 spiro atoms. The summed E-state index contributed by atoms with van der Waals surface area (Å²) in [4.78, 5) is 0. The van der Waals surface area contributed by atoms with E-state index in [0.29, 0.717) is 0 Å². The molecule has 0 fully saturated rings. The van der Waals surface area contributed by atoms with Crippen molar-refractivity contribution in [3.63, 3.8) is 0 Å². The first-order valence-corrected chi connectivity index (χ1v) is 7.59. The number of nitrogens with one attached hydrogen (secondary N) is 1. The second-order valence-corrected chi connectivity index (χ2v) is 5.78. The van der Waals surface area contributed by atoms with Crippen molar-refractivity contribution in [2.75, 3.05) is 0 Å². The molecule has 4 nitrogen and oxygen atoms in total. The van der Waals surface area contributed by atoms with Crippen LogP contribution in [0.1, 0.15) is 35.5 Å². The van der Waals surface area contributed by atoms with Crippen LogP contribution in [-0.2, 0) is 19.9 Å². The van der Waals surface area contributed by atoms with E-state index in [1.807, 2.05) is 18.7 Å². The Labute approximate surface area is 128 Å². The van der Waals surface area contributed by atoms with E-state index in [-0.39, 0.29) is 6.04 Å². The molecule has 0 radical (unpaired) electrons. The summed E-state index contributed by atoms with van der Waals surface area (Å²) in [5, 5.41) is 4.42. The zero-order valence-electron chi connectivity index (χ0n) is 12.2. The first-order valence-electron chi connectivity index (χ1n) is 6.79. The van der Waals surface area contributed by atoms with Crippen LogP contribution in [0.5, 0.6) is 0 Å². The number of benzene rings is 1. The van der Waals surface area contributed by atoms with Gasteiger partial charge >= 0.3 is 0 Å². The fourth-order valence-corrected chi connectivity index (χ4v) is 2.85. The Bertz CT molecular complexity index is 574. The van der Waals surface area contributed by atoms with Crippen LogP contribution in [0.3, 0.4) is 0 Å². The van der Waals surface area contributed by atoms with Crippen LogP contribution in [0.2, 0.25) is 0 Å². The quantitative estimate of drug-likeness (QED) is 0.652. The highest BCUT2D eigenvalue weighted by Crippen LogP contribution is 2.25. The van der Waals surface area contributed by atoms with Gasteiger partial charge in [0, 0.05) is 13.5 Å². The van der Waals surface area contributed by atoms with Gasteiger partial charge < -0.3 is 0 Å². The van der Waals surface area contributed by atoms with Gasteiger partial charge in [-0.3, -0.25) is 16.0 Å². The average molecular weight is 337 g/mol. The van der Waals surface area contributed by atoms with Gasteiger partial charge in [0.15, 0.2) is 0 Å². The minimum atomic E-state index is 0.0759. The molecule has 1 heterocycles. The lowest BCUT2D eigenvalue weighted by molar-refractivity contribution is 0.529. The normalized spacial score (nSPS) is 12.7. The highest BCUT2D eigenvalue weighted by Gasteiger charge is 2.17. The van der Waals surface area contributed by atoms with Crippen LogP contribution in [0.4, 0.5) is 0 Å². The molecule has 2 rings (SSSR count). The van der Waals surface area contributed by atoms with E-state index in [1.54, 1.807) is 0 Å². The maximum absolute atomic E-state index is 5.74. The molecule has 0 bridgehead atoms. The Morgan fingerprint density at radius 3 is 2.45 bits per heavy atom. The molecule has 108 valence electrons. The summed E-state index contributed by atoms with van der Waals surface area (Å²) in [6.45, 7) is 4.15. The molecule has 5 heteroatoms. The van der Waals surface area contributed by atoms with Gasteiger partial charge in [-0.1, -0.05) is 31.2 Å². The summed E-state index contributed by atoms with van der Waals surface area (Å²) >= 11 is 3.60. The van der Waals surface area contributed by atoms with Gasteiger partial charge in [-0.15, -0.1) is 0 Å². The van der Waals surface area contributed by atoms with Crippen molar-refractivity contribution in [2.45, 2.75) is 32.7 Å². The summed E-state index contributed by atoms with van der Waals surface area (Å²) in [5.41, 5.74) is 7.57. The first-order chi connectivity index (χ1) is 9.56. The molecule has 0 amide bonds. The molecule has 0 saturated heterocycles. The van der Waals surface area contributed by atoms with Crippen molar-refractivity contribution >= 4 is 15.9 Å². The van der Waals surface area contributed by atoms with Crippen molar-refractivity contribution in [1.82, 2.24) is 15.2 Å². The SMILES string of the molecule is CCc1ccc(C(Cc2c(Br)c(C)nn2C)NN)cc1. The van der Waals surface area contributed by atoms with E-state index in [1.165, 1.54) is 11.1 Å². The third-order valence-corrected chi connectivity index (χ3v) is 4.68. The summed E-state index contributed by atoms with van der Waals surface area (Å²) < 4.78 is 2.97. The zero-order valence-corrected chi connectivity index (χ0v) is 13.7. The van der Waals surface area contributed by atoms with E-state index in [0.717, 1.165) is 28.7 Å². The monoisotopic (exact) mass is 336 g/mol. The lowest BCUT2D eigenvalue weighted by Crippen LogP contribution is -2.30. The van der Waals surface area contributed by atoms with Crippen molar-refractivity contribution in [3.05, 3.63) is 51.3 Å². The van der Waals surface area contributed by atoms with Crippen molar-refractivity contribution < 1.29 is 0 Å². The number of rotatable bonds is 5. The van der Waals surface area contributed by atoms with Gasteiger partial charge in [-0.2, -0.15) is 5.10 Å². The standard InChI is InChI=1S/C15H21BrN4/c1-4-11-5-7-12(8-6-11)13(18-17)9-14-15(16)10(2)19-20(14)3/h5-8,13,18H,4,9,17H2,1-3H3. The zero-order chi connectivity index (χ0) is 14.7. The molecule has 0 aliphatic rings. The largest absolute Gasteiger partial charge is 0.271 e. The third kappa shape index (κ3) is 3.11. The Morgan fingerprint density at radius 2 is 2.00 bits per heavy atom. The first kappa shape index (κ1) is 15.2. The molecule has 1 aromatic heterocycles. The van der Waals surface area contributed by atoms with Crippen molar-refractivity contribution in [1.29, 1.82) is 0 Å². The Kier molecular flexibility index (Phi) is 4.96. The molecule has 0 saturated carbocycles. The fraction of sp³-hybridized carbons (Fsp3) is 0.400. The highest BCUT2D eigenvalue weighted by molar-refractivity contribution is 9.10. The van der Waals surface area contributed by atoms with Gasteiger partial charge in [0.1, 0.15) is 0 Å². The average Bonchev–Trinajstić information content (AvgIpc) is 2.70. The third-order valence-electron chi connectivity index (χ3n) is 3.65. The Balaban J connectivity index is 2.23. The van der Waals surface area contributed by atoms with E-state index in [2.05, 4.69) is 57.6 Å². The van der Waals surface area contributed by atoms with E-state index >= 15 is 0 Å². The van der Waals surface area contributed by atoms with Gasteiger partial charge in [-0.25, -0.2) is 0 Å². The molecule has 2 aromatic rings. The van der Waals surface area contributed by atoms with Gasteiger partial charge in [-0.05, 0) is 40.4 Å². The number of aryl methyl sites for hydroxylation is 3. The molecular weight excluding hydrogens is 316 g/mol. The number of aromatic nitrogens is 2. The van der Waals surface area contributed by atoms with Gasteiger partial charge in [0.05, 0.1) is 21.9 Å². The van der Waals surface area contributed by atoms with Crippen molar-refractivity contribution in [2.24, 2.45) is 12.9 Å². The van der Waals surface area contributed by atoms with Crippen LogP contribution >= 0.6 is 15.9 Å². The van der Waals surface area contributed by atoms with E-state index in [4.69, 9.17) is 5.84 Å². The van der Waals surface area contributed by atoms with Crippen LogP contribution in [-0.4, -0.2) is 9.78 Å². The lowest BCUT2D eigenvalue weighted by atomic mass is 10.0. The van der Waals surface area contributed by atoms with E-state index < -0.39 is 0 Å². The molecule has 1 unspecified atom stereocenters. The number of halogens is 1. The predicted octanol–water partition coefficient (Wildman–Crippen LogP) is 2.80.